The van der Waals surface area contributed by atoms with Crippen LogP contribution in [0.5, 0.6) is 0 Å². The molecule has 0 unspecified atom stereocenters. The Kier molecular flexibility index (Phi) is 7.31. The van der Waals surface area contributed by atoms with E-state index in [1.807, 2.05) is 42.3 Å². The fourth-order valence-corrected chi connectivity index (χ4v) is 7.42. The summed E-state index contributed by atoms with van der Waals surface area (Å²) in [5.41, 5.74) is 2.58. The maximum atomic E-state index is 15.2. The minimum absolute atomic E-state index is 0.0488. The Morgan fingerprint density at radius 2 is 1.57 bits per heavy atom. The first-order chi connectivity index (χ1) is 19.3. The number of hydrogen-bond donors (Lipinski definition) is 0. The van der Waals surface area contributed by atoms with Crippen molar-refractivity contribution in [3.8, 4) is 11.1 Å². The van der Waals surface area contributed by atoms with Crippen molar-refractivity contribution in [1.29, 1.82) is 0 Å². The van der Waals surface area contributed by atoms with Crippen LogP contribution in [-0.2, 0) is 4.79 Å². The Hall–Kier alpha value is -3.36. The summed E-state index contributed by atoms with van der Waals surface area (Å²) in [7, 11) is 1.96. The van der Waals surface area contributed by atoms with Crippen LogP contribution in [0.4, 0.5) is 25.0 Å². The second kappa shape index (κ2) is 10.9. The molecule has 0 spiro atoms. The molecule has 0 aromatic heterocycles. The van der Waals surface area contributed by atoms with E-state index < -0.39 is 22.8 Å². The molecule has 2 aliphatic heterocycles. The van der Waals surface area contributed by atoms with Crippen molar-refractivity contribution in [2.75, 3.05) is 16.8 Å². The lowest BCUT2D eigenvalue weighted by Crippen LogP contribution is -2.27. The number of carbonyl (C=O) groups excluding carboxylic acids is 2. The van der Waals surface area contributed by atoms with E-state index in [9.17, 15) is 9.59 Å². The Morgan fingerprint density at radius 1 is 0.850 bits per heavy atom. The molecule has 0 N–H and O–H groups in total. The van der Waals surface area contributed by atoms with Gasteiger partial charge in [-0.05, 0) is 84.0 Å². The maximum Gasteiger partial charge on any atom is 0.298 e. The molecule has 1 saturated heterocycles. The van der Waals surface area contributed by atoms with E-state index in [4.69, 9.17) is 0 Å². The summed E-state index contributed by atoms with van der Waals surface area (Å²) in [5, 5.41) is 0.553. The van der Waals surface area contributed by atoms with E-state index in [1.165, 1.54) is 0 Å². The number of fused-ring (bicyclic) bond motifs is 1. The number of benzene rings is 3. The number of amides is 2. The maximum absolute atomic E-state index is 15.2. The molecule has 3 aliphatic rings. The van der Waals surface area contributed by atoms with E-state index in [0.29, 0.717) is 27.6 Å². The molecule has 40 heavy (non-hydrogen) atoms. The fourth-order valence-electron chi connectivity index (χ4n) is 5.58. The van der Waals surface area contributed by atoms with E-state index in [0.717, 1.165) is 58.0 Å². The predicted molar refractivity (Wildman–Crippen MR) is 160 cm³/mol. The fraction of sp³-hybridized carbons (Fsp3) is 0.250. The molecule has 204 valence electrons. The van der Waals surface area contributed by atoms with Crippen LogP contribution in [0, 0.1) is 17.6 Å². The molecule has 3 aromatic carbocycles. The molecular formula is C32H28F2N2O2S2. The Morgan fingerprint density at radius 3 is 2.30 bits per heavy atom. The summed E-state index contributed by atoms with van der Waals surface area (Å²) in [6.45, 7) is 2.20. The van der Waals surface area contributed by atoms with E-state index in [1.54, 1.807) is 54.2 Å². The molecule has 2 amide bonds. The van der Waals surface area contributed by atoms with Gasteiger partial charge in [0.2, 0.25) is 0 Å². The first kappa shape index (κ1) is 26.8. The van der Waals surface area contributed by atoms with Gasteiger partial charge < -0.3 is 4.90 Å². The number of hydrogen-bond acceptors (Lipinski definition) is 5. The van der Waals surface area contributed by atoms with Crippen molar-refractivity contribution in [3.63, 3.8) is 0 Å². The third kappa shape index (κ3) is 4.88. The molecular weight excluding hydrogens is 546 g/mol. The lowest BCUT2D eigenvalue weighted by Gasteiger charge is -2.27. The van der Waals surface area contributed by atoms with Crippen molar-refractivity contribution < 1.29 is 18.4 Å². The highest BCUT2D eigenvalue weighted by atomic mass is 32.2. The number of thioether (sulfide) groups is 2. The van der Waals surface area contributed by atoms with Crippen molar-refractivity contribution in [2.45, 2.75) is 43.4 Å². The second-order valence-corrected chi connectivity index (χ2v) is 12.6. The van der Waals surface area contributed by atoms with Crippen molar-refractivity contribution in [3.05, 3.63) is 99.9 Å². The summed E-state index contributed by atoms with van der Waals surface area (Å²) in [5.74, 6) is -1.37. The molecule has 2 heterocycles. The lowest BCUT2D eigenvalue weighted by molar-refractivity contribution is -0.113. The summed E-state index contributed by atoms with van der Waals surface area (Å²) in [6, 6.07) is 17.8. The smallest absolute Gasteiger partial charge is 0.298 e. The van der Waals surface area contributed by atoms with Crippen LogP contribution in [-0.4, -0.2) is 18.2 Å². The van der Waals surface area contributed by atoms with Crippen LogP contribution < -0.4 is 9.80 Å². The van der Waals surface area contributed by atoms with Gasteiger partial charge in [-0.25, -0.2) is 13.7 Å². The highest BCUT2D eigenvalue weighted by Crippen LogP contribution is 2.45. The average Bonchev–Trinajstić information content (AvgIpc) is 3.44. The number of anilines is 2. The first-order valence-corrected chi connectivity index (χ1v) is 15.0. The number of imide groups is 1. The molecule has 8 heteroatoms. The second-order valence-electron chi connectivity index (χ2n) is 10.5. The van der Waals surface area contributed by atoms with Gasteiger partial charge in [0, 0.05) is 17.5 Å². The van der Waals surface area contributed by atoms with E-state index in [2.05, 4.69) is 6.92 Å². The van der Waals surface area contributed by atoms with Crippen LogP contribution >= 0.6 is 23.5 Å². The quantitative estimate of drug-likeness (QED) is 0.291. The molecule has 0 bridgehead atoms. The number of nitrogens with zero attached hydrogens (tertiary/aromatic N) is 2. The number of halogens is 2. The van der Waals surface area contributed by atoms with Gasteiger partial charge in [-0.3, -0.25) is 9.59 Å². The van der Waals surface area contributed by atoms with Crippen molar-refractivity contribution in [2.24, 2.45) is 5.92 Å². The highest BCUT2D eigenvalue weighted by Gasteiger charge is 2.36. The Bertz CT molecular complexity index is 1560. The molecule has 1 saturated carbocycles. The van der Waals surface area contributed by atoms with Crippen molar-refractivity contribution >= 4 is 46.0 Å². The molecule has 2 fully saturated rings. The van der Waals surface area contributed by atoms with Crippen LogP contribution in [0.1, 0.15) is 44.1 Å². The van der Waals surface area contributed by atoms with Gasteiger partial charge in [0.15, 0.2) is 11.6 Å². The van der Waals surface area contributed by atoms with Gasteiger partial charge in [0.25, 0.3) is 11.1 Å². The SMILES string of the molecule is CC1CCC(c2ccc(-c3ccc(N4C(=O)S/C(=C\C=C5\Sc6ccccc6N5C)C4=O)cc3)c(F)c2F)CC1. The summed E-state index contributed by atoms with van der Waals surface area (Å²) in [4.78, 5) is 30.5. The Balaban J connectivity index is 1.19. The normalized spacial score (nSPS) is 23.0. The average molecular weight is 575 g/mol. The van der Waals surface area contributed by atoms with Gasteiger partial charge in [-0.15, -0.1) is 0 Å². The topological polar surface area (TPSA) is 40.6 Å². The first-order valence-electron chi connectivity index (χ1n) is 13.4. The number of carbonyl (C=O) groups is 2. The molecule has 4 nitrogen and oxygen atoms in total. The summed E-state index contributed by atoms with van der Waals surface area (Å²) < 4.78 is 30.3. The van der Waals surface area contributed by atoms with Crippen molar-refractivity contribution in [1.82, 2.24) is 0 Å². The summed E-state index contributed by atoms with van der Waals surface area (Å²) >= 11 is 2.49. The van der Waals surface area contributed by atoms with Gasteiger partial charge >= 0.3 is 0 Å². The van der Waals surface area contributed by atoms with Crippen LogP contribution in [0.2, 0.25) is 0 Å². The highest BCUT2D eigenvalue weighted by molar-refractivity contribution is 8.18. The van der Waals surface area contributed by atoms with E-state index >= 15 is 8.78 Å². The van der Waals surface area contributed by atoms with Gasteiger partial charge in [-0.1, -0.05) is 67.9 Å². The summed E-state index contributed by atoms with van der Waals surface area (Å²) in [6.07, 6.45) is 7.33. The number of rotatable bonds is 4. The minimum atomic E-state index is -0.858. The third-order valence-electron chi connectivity index (χ3n) is 7.95. The predicted octanol–water partition coefficient (Wildman–Crippen LogP) is 9.09. The largest absolute Gasteiger partial charge is 0.338 e. The van der Waals surface area contributed by atoms with E-state index in [-0.39, 0.29) is 11.5 Å². The lowest BCUT2D eigenvalue weighted by atomic mass is 9.79. The molecule has 0 atom stereocenters. The zero-order valence-corrected chi connectivity index (χ0v) is 23.8. The molecule has 1 aliphatic carbocycles. The Labute approximate surface area is 241 Å². The number of para-hydroxylation sites is 1. The standard InChI is InChI=1S/C32H28F2N2O2S2/c1-19-7-9-20(10-8-19)23-15-16-24(30(34)29(23)33)21-11-13-22(14-12-21)36-31(37)27(40-32(36)38)17-18-28-35(2)25-5-3-4-6-26(25)39-28/h3-6,11-20H,7-10H2,1-2H3/b27-17-,28-18+. The van der Waals surface area contributed by atoms with Crippen LogP contribution in [0.25, 0.3) is 11.1 Å². The minimum Gasteiger partial charge on any atom is -0.338 e. The molecule has 3 aromatic rings. The van der Waals surface area contributed by atoms with Gasteiger partial charge in [0.1, 0.15) is 0 Å². The third-order valence-corrected chi connectivity index (χ3v) is 10.0. The monoisotopic (exact) mass is 574 g/mol. The van der Waals surface area contributed by atoms with Gasteiger partial charge in [-0.2, -0.15) is 0 Å². The zero-order chi connectivity index (χ0) is 28.0. The zero-order valence-electron chi connectivity index (χ0n) is 22.2. The van der Waals surface area contributed by atoms with Crippen LogP contribution in [0.15, 0.2) is 87.6 Å². The molecule has 6 rings (SSSR count). The van der Waals surface area contributed by atoms with Crippen LogP contribution in [0.3, 0.4) is 0 Å². The van der Waals surface area contributed by atoms with Gasteiger partial charge in [0.05, 0.1) is 21.3 Å². The number of allylic oxidation sites excluding steroid dienone is 2. The molecule has 0 radical (unpaired) electrons.